The molecule has 1 N–H and O–H groups in total. The van der Waals surface area contributed by atoms with Crippen molar-refractivity contribution in [3.05, 3.63) is 35.4 Å². The van der Waals surface area contributed by atoms with Crippen LogP contribution in [0.3, 0.4) is 0 Å². The van der Waals surface area contributed by atoms with Gasteiger partial charge in [0.25, 0.3) is 0 Å². The molecule has 0 heterocycles. The highest BCUT2D eigenvalue weighted by molar-refractivity contribution is 5.23. The van der Waals surface area contributed by atoms with Crippen LogP contribution in [-0.4, -0.2) is 25.0 Å². The molecule has 1 aromatic rings. The van der Waals surface area contributed by atoms with Crippen LogP contribution in [0.5, 0.6) is 0 Å². The van der Waals surface area contributed by atoms with Gasteiger partial charge in [-0.2, -0.15) is 0 Å². The molecule has 2 nitrogen and oxygen atoms in total. The molecular weight excluding hydrogens is 256 g/mol. The molecule has 21 heavy (non-hydrogen) atoms. The van der Waals surface area contributed by atoms with Crippen LogP contribution in [0.1, 0.15) is 51.7 Å². The molecule has 1 aromatic carbocycles. The van der Waals surface area contributed by atoms with E-state index in [1.165, 1.54) is 37.1 Å². The molecule has 0 saturated heterocycles. The molecule has 0 radical (unpaired) electrons. The van der Waals surface area contributed by atoms with Crippen LogP contribution in [0.15, 0.2) is 24.3 Å². The van der Waals surface area contributed by atoms with E-state index >= 15 is 0 Å². The van der Waals surface area contributed by atoms with Crippen LogP contribution in [0.4, 0.5) is 0 Å². The van der Waals surface area contributed by atoms with E-state index in [1.54, 1.807) is 0 Å². The zero-order chi connectivity index (χ0) is 15.7. The molecule has 2 heteroatoms. The maximum Gasteiger partial charge on any atom is 0.0233 e. The molecule has 0 aliphatic heterocycles. The third-order valence-corrected chi connectivity index (χ3v) is 3.82. The number of nitrogens with zero attached hydrogens (tertiary/aromatic N) is 1. The van der Waals surface area contributed by atoms with Gasteiger partial charge >= 0.3 is 0 Å². The van der Waals surface area contributed by atoms with Gasteiger partial charge in [-0.1, -0.05) is 52.0 Å². The summed E-state index contributed by atoms with van der Waals surface area (Å²) in [6.07, 6.45) is 2.57. The Kier molecular flexibility index (Phi) is 8.63. The normalized spacial score (nSPS) is 11.8. The van der Waals surface area contributed by atoms with E-state index in [0.717, 1.165) is 24.9 Å². The average molecular weight is 290 g/mol. The minimum absolute atomic E-state index is 0.780. The number of nitrogens with one attached hydrogen (secondary N) is 1. The summed E-state index contributed by atoms with van der Waals surface area (Å²) in [5.41, 5.74) is 2.82. The molecule has 0 spiro atoms. The Morgan fingerprint density at radius 1 is 0.952 bits per heavy atom. The van der Waals surface area contributed by atoms with Gasteiger partial charge in [-0.05, 0) is 55.9 Å². The molecular formula is C19H34N2. The van der Waals surface area contributed by atoms with Crippen LogP contribution in [-0.2, 0) is 13.1 Å². The first kappa shape index (κ1) is 18.2. The third-order valence-electron chi connectivity index (χ3n) is 3.82. The fraction of sp³-hybridized carbons (Fsp3) is 0.684. The van der Waals surface area contributed by atoms with Crippen molar-refractivity contribution >= 4 is 0 Å². The molecule has 0 fully saturated rings. The Bertz CT molecular complexity index is 373. The van der Waals surface area contributed by atoms with E-state index < -0.39 is 0 Å². The molecule has 0 saturated carbocycles. The molecule has 120 valence electrons. The first-order valence-corrected chi connectivity index (χ1v) is 8.46. The van der Waals surface area contributed by atoms with Gasteiger partial charge in [-0.15, -0.1) is 0 Å². The highest BCUT2D eigenvalue weighted by Crippen LogP contribution is 2.12. The lowest BCUT2D eigenvalue weighted by Crippen LogP contribution is -2.27. The van der Waals surface area contributed by atoms with Gasteiger partial charge in [-0.3, -0.25) is 4.90 Å². The summed E-state index contributed by atoms with van der Waals surface area (Å²) in [5.74, 6) is 1.56. The molecule has 0 unspecified atom stereocenters. The lowest BCUT2D eigenvalue weighted by atomic mass is 10.1. The Labute approximate surface area is 131 Å². The molecule has 0 amide bonds. The van der Waals surface area contributed by atoms with Crippen LogP contribution >= 0.6 is 0 Å². The van der Waals surface area contributed by atoms with Gasteiger partial charge in [-0.25, -0.2) is 0 Å². The van der Waals surface area contributed by atoms with E-state index in [1.807, 2.05) is 7.05 Å². The lowest BCUT2D eigenvalue weighted by molar-refractivity contribution is 0.235. The van der Waals surface area contributed by atoms with Crippen molar-refractivity contribution < 1.29 is 0 Å². The van der Waals surface area contributed by atoms with Gasteiger partial charge in [0.05, 0.1) is 0 Å². The second kappa shape index (κ2) is 9.97. The highest BCUT2D eigenvalue weighted by atomic mass is 15.1. The molecule has 0 atom stereocenters. The third kappa shape index (κ3) is 8.23. The van der Waals surface area contributed by atoms with Crippen LogP contribution < -0.4 is 5.32 Å². The maximum absolute atomic E-state index is 3.23. The van der Waals surface area contributed by atoms with Crippen molar-refractivity contribution in [3.63, 3.8) is 0 Å². The van der Waals surface area contributed by atoms with Gasteiger partial charge in [0.2, 0.25) is 0 Å². The molecule has 0 bridgehead atoms. The first-order valence-electron chi connectivity index (χ1n) is 8.46. The minimum atomic E-state index is 0.780. The summed E-state index contributed by atoms with van der Waals surface area (Å²) in [4.78, 5) is 2.62. The first-order chi connectivity index (χ1) is 10.0. The molecule has 0 aromatic heterocycles. The zero-order valence-corrected chi connectivity index (χ0v) is 14.7. The smallest absolute Gasteiger partial charge is 0.0233 e. The van der Waals surface area contributed by atoms with Gasteiger partial charge in [0, 0.05) is 13.1 Å². The Balaban J connectivity index is 2.62. The zero-order valence-electron chi connectivity index (χ0n) is 14.7. The van der Waals surface area contributed by atoms with Gasteiger partial charge in [0.15, 0.2) is 0 Å². The van der Waals surface area contributed by atoms with Crippen molar-refractivity contribution in [2.75, 3.05) is 20.1 Å². The number of hydrogen-bond donors (Lipinski definition) is 1. The lowest BCUT2D eigenvalue weighted by Gasteiger charge is -2.24. The van der Waals surface area contributed by atoms with E-state index in [4.69, 9.17) is 0 Å². The van der Waals surface area contributed by atoms with Crippen molar-refractivity contribution in [2.24, 2.45) is 11.8 Å². The summed E-state index contributed by atoms with van der Waals surface area (Å²) >= 11 is 0. The minimum Gasteiger partial charge on any atom is -0.316 e. The summed E-state index contributed by atoms with van der Waals surface area (Å²) in [6, 6.07) is 8.99. The predicted octanol–water partition coefficient (Wildman–Crippen LogP) is 4.30. The molecule has 0 aliphatic rings. The Hall–Kier alpha value is -0.860. The fourth-order valence-corrected chi connectivity index (χ4v) is 2.45. The highest BCUT2D eigenvalue weighted by Gasteiger charge is 2.08. The second-order valence-corrected chi connectivity index (χ2v) is 6.99. The molecule has 0 aliphatic carbocycles. The van der Waals surface area contributed by atoms with Gasteiger partial charge < -0.3 is 5.32 Å². The van der Waals surface area contributed by atoms with Crippen LogP contribution in [0.2, 0.25) is 0 Å². The van der Waals surface area contributed by atoms with E-state index in [0.29, 0.717) is 0 Å². The van der Waals surface area contributed by atoms with E-state index in [-0.39, 0.29) is 0 Å². The van der Waals surface area contributed by atoms with Crippen LogP contribution in [0, 0.1) is 11.8 Å². The van der Waals surface area contributed by atoms with Crippen molar-refractivity contribution in [1.29, 1.82) is 0 Å². The standard InChI is InChI=1S/C19H34N2/c1-16(2)9-11-21(12-10-17(3)4)15-19-8-6-7-18(13-19)14-20-5/h6-8,13,16-17,20H,9-12,14-15H2,1-5H3. The van der Waals surface area contributed by atoms with Crippen molar-refractivity contribution in [3.8, 4) is 0 Å². The van der Waals surface area contributed by atoms with E-state index in [9.17, 15) is 0 Å². The van der Waals surface area contributed by atoms with Crippen molar-refractivity contribution in [1.82, 2.24) is 10.2 Å². The summed E-state index contributed by atoms with van der Waals surface area (Å²) in [5, 5.41) is 3.23. The SMILES string of the molecule is CNCc1cccc(CN(CCC(C)C)CCC(C)C)c1. The van der Waals surface area contributed by atoms with Crippen molar-refractivity contribution in [2.45, 2.75) is 53.6 Å². The van der Waals surface area contributed by atoms with Crippen LogP contribution in [0.25, 0.3) is 0 Å². The number of benzene rings is 1. The maximum atomic E-state index is 3.23. The Morgan fingerprint density at radius 3 is 2.05 bits per heavy atom. The number of hydrogen-bond acceptors (Lipinski definition) is 2. The van der Waals surface area contributed by atoms with Gasteiger partial charge in [0.1, 0.15) is 0 Å². The summed E-state index contributed by atoms with van der Waals surface area (Å²) in [7, 11) is 2.00. The number of rotatable bonds is 10. The summed E-state index contributed by atoms with van der Waals surface area (Å²) < 4.78 is 0. The fourth-order valence-electron chi connectivity index (χ4n) is 2.45. The monoisotopic (exact) mass is 290 g/mol. The molecule has 1 rings (SSSR count). The quantitative estimate of drug-likeness (QED) is 0.691. The predicted molar refractivity (Wildman–Crippen MR) is 93.4 cm³/mol. The largest absolute Gasteiger partial charge is 0.316 e. The summed E-state index contributed by atoms with van der Waals surface area (Å²) in [6.45, 7) is 13.7. The topological polar surface area (TPSA) is 15.3 Å². The van der Waals surface area contributed by atoms with E-state index in [2.05, 4.69) is 62.2 Å². The second-order valence-electron chi connectivity index (χ2n) is 6.99. The Morgan fingerprint density at radius 2 is 1.52 bits per heavy atom. The average Bonchev–Trinajstić information content (AvgIpc) is 2.42.